The van der Waals surface area contributed by atoms with Gasteiger partial charge in [0, 0.05) is 23.5 Å². The van der Waals surface area contributed by atoms with Crippen LogP contribution >= 0.6 is 0 Å². The number of amides is 1. The molecule has 30 heavy (non-hydrogen) atoms. The van der Waals surface area contributed by atoms with Gasteiger partial charge >= 0.3 is 0 Å². The Morgan fingerprint density at radius 1 is 1.00 bits per heavy atom. The van der Waals surface area contributed by atoms with Crippen LogP contribution in [0.4, 0.5) is 11.4 Å². The lowest BCUT2D eigenvalue weighted by Gasteiger charge is -2.12. The number of para-hydroxylation sites is 2. The van der Waals surface area contributed by atoms with Crippen LogP contribution in [-0.4, -0.2) is 20.6 Å². The average molecular weight is 400 g/mol. The van der Waals surface area contributed by atoms with E-state index in [2.05, 4.69) is 10.4 Å². The van der Waals surface area contributed by atoms with Crippen molar-refractivity contribution >= 4 is 28.1 Å². The molecule has 0 bridgehead atoms. The van der Waals surface area contributed by atoms with E-state index in [1.165, 1.54) is 28.9 Å². The number of anilines is 1. The molecule has 0 saturated heterocycles. The molecule has 1 amide bonds. The first-order chi connectivity index (χ1) is 14.4. The highest BCUT2D eigenvalue weighted by Crippen LogP contribution is 2.23. The van der Waals surface area contributed by atoms with Gasteiger partial charge in [0.05, 0.1) is 4.92 Å². The van der Waals surface area contributed by atoms with Crippen molar-refractivity contribution in [3.8, 4) is 5.69 Å². The highest BCUT2D eigenvalue weighted by molar-refractivity contribution is 6.03. The van der Waals surface area contributed by atoms with Crippen molar-refractivity contribution < 1.29 is 9.72 Å². The summed E-state index contributed by atoms with van der Waals surface area (Å²) >= 11 is 0. The van der Waals surface area contributed by atoms with Gasteiger partial charge in [-0.2, -0.15) is 5.10 Å². The molecule has 1 heterocycles. The number of rotatable bonds is 4. The highest BCUT2D eigenvalue weighted by Gasteiger charge is 2.20. The Morgan fingerprint density at radius 2 is 1.70 bits per heavy atom. The first-order valence-corrected chi connectivity index (χ1v) is 9.09. The Morgan fingerprint density at radius 3 is 2.47 bits per heavy atom. The lowest BCUT2D eigenvalue weighted by molar-refractivity contribution is -0.384. The second kappa shape index (κ2) is 7.59. The van der Waals surface area contributed by atoms with Crippen molar-refractivity contribution in [2.45, 2.75) is 6.92 Å². The molecule has 1 N–H and O–H groups in total. The molecule has 0 fully saturated rings. The van der Waals surface area contributed by atoms with Gasteiger partial charge in [-0.1, -0.05) is 42.5 Å². The maximum Gasteiger partial charge on any atom is 0.294 e. The maximum absolute atomic E-state index is 12.8. The number of aryl methyl sites for hydroxylation is 1. The minimum atomic E-state index is -0.692. The number of carbonyl (C=O) groups is 1. The zero-order valence-electron chi connectivity index (χ0n) is 15.9. The van der Waals surface area contributed by atoms with Gasteiger partial charge in [-0.05, 0) is 35.9 Å². The van der Waals surface area contributed by atoms with E-state index in [0.29, 0.717) is 11.4 Å². The summed E-state index contributed by atoms with van der Waals surface area (Å²) in [7, 11) is 0. The smallest absolute Gasteiger partial charge is 0.294 e. The van der Waals surface area contributed by atoms with Crippen LogP contribution in [0.3, 0.4) is 0 Å². The van der Waals surface area contributed by atoms with Gasteiger partial charge in [-0.15, -0.1) is 0 Å². The van der Waals surface area contributed by atoms with Gasteiger partial charge in [0.1, 0.15) is 5.69 Å². The second-order valence-electron chi connectivity index (χ2n) is 6.67. The van der Waals surface area contributed by atoms with E-state index in [1.54, 1.807) is 25.1 Å². The molecule has 8 nitrogen and oxygen atoms in total. The molecule has 0 aliphatic carbocycles. The average Bonchev–Trinajstić information content (AvgIpc) is 2.73. The number of benzene rings is 3. The van der Waals surface area contributed by atoms with Gasteiger partial charge in [0.2, 0.25) is 5.43 Å². The van der Waals surface area contributed by atoms with Gasteiger partial charge in [0.15, 0.2) is 5.69 Å². The summed E-state index contributed by atoms with van der Waals surface area (Å²) < 4.78 is 1.23. The summed E-state index contributed by atoms with van der Waals surface area (Å²) in [5, 5.41) is 20.1. The van der Waals surface area contributed by atoms with Gasteiger partial charge < -0.3 is 5.32 Å². The molecule has 0 radical (unpaired) electrons. The minimum Gasteiger partial charge on any atom is -0.320 e. The fourth-order valence-corrected chi connectivity index (χ4v) is 3.20. The Bertz CT molecular complexity index is 1360. The minimum absolute atomic E-state index is 0.166. The normalized spacial score (nSPS) is 10.7. The topological polar surface area (TPSA) is 107 Å². The Kier molecular flexibility index (Phi) is 4.81. The molecule has 4 aromatic rings. The van der Waals surface area contributed by atoms with Crippen LogP contribution in [-0.2, 0) is 0 Å². The van der Waals surface area contributed by atoms with E-state index in [1.807, 2.05) is 30.3 Å². The SMILES string of the molecule is Cc1cc(=O)c(C(=O)Nc2ccc3ccccc3c2)nn1-c1ccccc1[N+](=O)[O-]. The van der Waals surface area contributed by atoms with Crippen LogP contribution in [0.5, 0.6) is 0 Å². The summed E-state index contributed by atoms with van der Waals surface area (Å²) in [4.78, 5) is 36.0. The third-order valence-electron chi connectivity index (χ3n) is 4.64. The van der Waals surface area contributed by atoms with Crippen LogP contribution in [0.15, 0.2) is 77.6 Å². The van der Waals surface area contributed by atoms with Crippen LogP contribution in [0, 0.1) is 17.0 Å². The Labute approximate surface area is 170 Å². The first-order valence-electron chi connectivity index (χ1n) is 9.09. The van der Waals surface area contributed by atoms with Crippen LogP contribution < -0.4 is 10.7 Å². The zero-order chi connectivity index (χ0) is 21.3. The molecular weight excluding hydrogens is 384 g/mol. The quantitative estimate of drug-likeness (QED) is 0.413. The summed E-state index contributed by atoms with van der Waals surface area (Å²) in [6.07, 6.45) is 0. The van der Waals surface area contributed by atoms with E-state index in [0.717, 1.165) is 10.8 Å². The predicted octanol–water partition coefficient (Wildman–Crippen LogP) is 3.85. The molecule has 3 aromatic carbocycles. The van der Waals surface area contributed by atoms with Gasteiger partial charge in [-0.25, -0.2) is 4.68 Å². The number of nitro groups is 1. The third kappa shape index (κ3) is 3.53. The monoisotopic (exact) mass is 400 g/mol. The predicted molar refractivity (Wildman–Crippen MR) is 113 cm³/mol. The molecule has 0 atom stereocenters. The Balaban J connectivity index is 1.74. The van der Waals surface area contributed by atoms with Gasteiger partial charge in [-0.3, -0.25) is 19.7 Å². The molecule has 8 heteroatoms. The van der Waals surface area contributed by atoms with E-state index < -0.39 is 16.3 Å². The lowest BCUT2D eigenvalue weighted by atomic mass is 10.1. The second-order valence-corrected chi connectivity index (χ2v) is 6.67. The number of aromatic nitrogens is 2. The number of hydrogen-bond acceptors (Lipinski definition) is 5. The van der Waals surface area contributed by atoms with Crippen molar-refractivity contribution in [3.63, 3.8) is 0 Å². The number of carbonyl (C=O) groups excluding carboxylic acids is 1. The molecule has 1 aromatic heterocycles. The fraction of sp³-hybridized carbons (Fsp3) is 0.0455. The summed E-state index contributed by atoms with van der Waals surface area (Å²) in [6.45, 7) is 1.59. The molecular formula is C22H16N4O4. The molecule has 0 saturated carbocycles. The largest absolute Gasteiger partial charge is 0.320 e. The molecule has 0 spiro atoms. The van der Waals surface area contributed by atoms with E-state index in [9.17, 15) is 19.7 Å². The van der Waals surface area contributed by atoms with E-state index in [4.69, 9.17) is 0 Å². The van der Waals surface area contributed by atoms with E-state index in [-0.39, 0.29) is 17.1 Å². The molecule has 0 aliphatic heterocycles. The molecule has 4 rings (SSSR count). The Hall–Kier alpha value is -4.33. The van der Waals surface area contributed by atoms with Crippen molar-refractivity contribution in [1.82, 2.24) is 9.78 Å². The van der Waals surface area contributed by atoms with Crippen molar-refractivity contribution in [2.24, 2.45) is 0 Å². The third-order valence-corrected chi connectivity index (χ3v) is 4.64. The van der Waals surface area contributed by atoms with Crippen LogP contribution in [0.2, 0.25) is 0 Å². The molecule has 0 aliphatic rings. The molecule has 0 unspecified atom stereocenters. The van der Waals surface area contributed by atoms with E-state index >= 15 is 0 Å². The van der Waals surface area contributed by atoms with Crippen LogP contribution in [0.1, 0.15) is 16.2 Å². The maximum atomic E-state index is 12.8. The van der Waals surface area contributed by atoms with Crippen molar-refractivity contribution in [1.29, 1.82) is 0 Å². The van der Waals surface area contributed by atoms with Gasteiger partial charge in [0.25, 0.3) is 11.6 Å². The summed E-state index contributed by atoms with van der Waals surface area (Å²) in [5.41, 5.74) is -0.0563. The number of hydrogen-bond donors (Lipinski definition) is 1. The summed E-state index contributed by atoms with van der Waals surface area (Å²) in [5.74, 6) is -0.692. The summed E-state index contributed by atoms with van der Waals surface area (Å²) in [6, 6.07) is 20.3. The highest BCUT2D eigenvalue weighted by atomic mass is 16.6. The number of nitrogens with zero attached hydrogens (tertiary/aromatic N) is 3. The molecule has 148 valence electrons. The zero-order valence-corrected chi connectivity index (χ0v) is 15.9. The first kappa shape index (κ1) is 19.0. The number of nitro benzene ring substituents is 1. The number of nitrogens with one attached hydrogen (secondary N) is 1. The fourth-order valence-electron chi connectivity index (χ4n) is 3.20. The lowest BCUT2D eigenvalue weighted by Crippen LogP contribution is -2.27. The van der Waals surface area contributed by atoms with Crippen molar-refractivity contribution in [3.05, 3.63) is 105 Å². The standard InChI is InChI=1S/C22H16N4O4/c1-14-12-20(27)21(24-25(14)18-8-4-5-9-19(18)26(29)30)22(28)23-17-11-10-15-6-2-3-7-16(15)13-17/h2-13H,1H3,(H,23,28). The van der Waals surface area contributed by atoms with Crippen molar-refractivity contribution in [2.75, 3.05) is 5.32 Å². The van der Waals surface area contributed by atoms with Crippen LogP contribution in [0.25, 0.3) is 16.5 Å². The number of fused-ring (bicyclic) bond motifs is 1.